The molecule has 29 heavy (non-hydrogen) atoms. The minimum Gasteiger partial charge on any atom is -0.508 e. The largest absolute Gasteiger partial charge is 0.508 e. The maximum absolute atomic E-state index is 9.97. The van der Waals surface area contributed by atoms with Gasteiger partial charge in [0.2, 0.25) is 0 Å². The second-order valence-corrected chi connectivity index (χ2v) is 10.5. The normalized spacial score (nSPS) is 38.0. The molecule has 2 aromatic carbocycles. The Bertz CT molecular complexity index is 891. The number of para-hydroxylation sites is 1. The van der Waals surface area contributed by atoms with Crippen LogP contribution in [0.2, 0.25) is 0 Å². The first kappa shape index (κ1) is 19.0. The Morgan fingerprint density at radius 2 is 1.83 bits per heavy atom. The van der Waals surface area contributed by atoms with Gasteiger partial charge in [0, 0.05) is 5.41 Å². The molecule has 3 aliphatic rings. The first-order chi connectivity index (χ1) is 13.9. The van der Waals surface area contributed by atoms with Gasteiger partial charge in [-0.15, -0.1) is 0 Å². The van der Waals surface area contributed by atoms with Gasteiger partial charge in [-0.3, -0.25) is 0 Å². The van der Waals surface area contributed by atoms with Gasteiger partial charge >= 0.3 is 0 Å². The fourth-order valence-corrected chi connectivity index (χ4v) is 7.32. The third kappa shape index (κ3) is 2.90. The van der Waals surface area contributed by atoms with Crippen molar-refractivity contribution in [1.29, 1.82) is 0 Å². The van der Waals surface area contributed by atoms with Gasteiger partial charge < -0.3 is 9.84 Å². The highest BCUT2D eigenvalue weighted by Gasteiger charge is 2.61. The first-order valence-corrected chi connectivity index (χ1v) is 11.4. The topological polar surface area (TPSA) is 29.5 Å². The molecule has 2 aromatic rings. The van der Waals surface area contributed by atoms with Crippen molar-refractivity contribution in [3.63, 3.8) is 0 Å². The van der Waals surface area contributed by atoms with Crippen LogP contribution >= 0.6 is 0 Å². The Morgan fingerprint density at radius 3 is 2.62 bits per heavy atom. The van der Waals surface area contributed by atoms with Gasteiger partial charge in [0.25, 0.3) is 0 Å². The van der Waals surface area contributed by atoms with Crippen molar-refractivity contribution in [2.45, 2.75) is 58.8 Å². The number of fused-ring (bicyclic) bond motifs is 5. The molecular formula is C27H34O2. The van der Waals surface area contributed by atoms with Crippen LogP contribution < -0.4 is 4.74 Å². The van der Waals surface area contributed by atoms with E-state index in [1.165, 1.54) is 36.8 Å². The van der Waals surface area contributed by atoms with Crippen LogP contribution in [0.15, 0.2) is 48.5 Å². The highest BCUT2D eigenvalue weighted by Crippen LogP contribution is 2.68. The third-order valence-corrected chi connectivity index (χ3v) is 9.13. The van der Waals surface area contributed by atoms with E-state index in [-0.39, 0.29) is 5.41 Å². The molecular weight excluding hydrogens is 356 g/mol. The molecule has 0 aromatic heterocycles. The molecule has 0 aliphatic heterocycles. The van der Waals surface area contributed by atoms with Gasteiger partial charge in [-0.05, 0) is 96.6 Å². The summed E-state index contributed by atoms with van der Waals surface area (Å²) in [6.45, 7) is 8.32. The van der Waals surface area contributed by atoms with Crippen molar-refractivity contribution in [1.82, 2.24) is 0 Å². The van der Waals surface area contributed by atoms with E-state index in [0.717, 1.165) is 30.6 Å². The standard InChI is InChI=1S/C27H34O2/c1-18-15-19-16-20(28)9-10-22(19)23-11-14-27(3)24(25(18)23)12-13-26(27,2)17-29-21-7-5-4-6-8-21/h4-10,16,18,23-25,28H,11-15,17H2,1-3H3. The number of ether oxygens (including phenoxy) is 1. The van der Waals surface area contributed by atoms with E-state index >= 15 is 0 Å². The summed E-state index contributed by atoms with van der Waals surface area (Å²) >= 11 is 0. The second-order valence-electron chi connectivity index (χ2n) is 10.5. The Morgan fingerprint density at radius 1 is 1.03 bits per heavy atom. The average Bonchev–Trinajstić information content (AvgIpc) is 2.98. The van der Waals surface area contributed by atoms with Gasteiger partial charge in [0.15, 0.2) is 0 Å². The molecule has 3 aliphatic carbocycles. The van der Waals surface area contributed by atoms with Crippen LogP contribution in [0, 0.1) is 28.6 Å². The summed E-state index contributed by atoms with van der Waals surface area (Å²) in [6, 6.07) is 16.4. The molecule has 2 heteroatoms. The zero-order valence-electron chi connectivity index (χ0n) is 18.0. The van der Waals surface area contributed by atoms with Crippen LogP contribution in [-0.4, -0.2) is 11.7 Å². The van der Waals surface area contributed by atoms with E-state index in [0.29, 0.717) is 23.0 Å². The van der Waals surface area contributed by atoms with Crippen LogP contribution in [0.4, 0.5) is 0 Å². The van der Waals surface area contributed by atoms with Gasteiger partial charge in [-0.25, -0.2) is 0 Å². The molecule has 0 saturated heterocycles. The van der Waals surface area contributed by atoms with Crippen LogP contribution in [-0.2, 0) is 6.42 Å². The summed E-state index contributed by atoms with van der Waals surface area (Å²) in [4.78, 5) is 0. The van der Waals surface area contributed by atoms with E-state index in [2.05, 4.69) is 51.1 Å². The minimum atomic E-state index is 0.230. The maximum atomic E-state index is 9.97. The molecule has 0 heterocycles. The smallest absolute Gasteiger partial charge is 0.119 e. The second kappa shape index (κ2) is 6.79. The molecule has 154 valence electrons. The lowest BCUT2D eigenvalue weighted by molar-refractivity contribution is -0.0514. The highest BCUT2D eigenvalue weighted by atomic mass is 16.5. The molecule has 6 unspecified atom stereocenters. The quantitative estimate of drug-likeness (QED) is 0.641. The average molecular weight is 391 g/mol. The summed E-state index contributed by atoms with van der Waals surface area (Å²) in [5.41, 5.74) is 3.47. The molecule has 0 radical (unpaired) electrons. The monoisotopic (exact) mass is 390 g/mol. The fourth-order valence-electron chi connectivity index (χ4n) is 7.32. The predicted octanol–water partition coefficient (Wildman–Crippen LogP) is 6.58. The van der Waals surface area contributed by atoms with Gasteiger partial charge in [0.05, 0.1) is 6.61 Å². The molecule has 2 saturated carbocycles. The minimum absolute atomic E-state index is 0.230. The zero-order valence-corrected chi connectivity index (χ0v) is 18.0. The molecule has 0 spiro atoms. The van der Waals surface area contributed by atoms with E-state index in [1.54, 1.807) is 0 Å². The zero-order chi connectivity index (χ0) is 20.2. The predicted molar refractivity (Wildman–Crippen MR) is 117 cm³/mol. The molecule has 0 bridgehead atoms. The van der Waals surface area contributed by atoms with E-state index in [9.17, 15) is 5.11 Å². The van der Waals surface area contributed by atoms with Crippen LogP contribution in [0.5, 0.6) is 11.5 Å². The van der Waals surface area contributed by atoms with Crippen molar-refractivity contribution in [2.75, 3.05) is 6.61 Å². The Kier molecular flexibility index (Phi) is 4.46. The highest BCUT2D eigenvalue weighted by molar-refractivity contribution is 5.40. The SMILES string of the molecule is CC1Cc2cc(O)ccc2C2CCC3(C)C(CCC3(C)COc3ccccc3)C12. The fraction of sp³-hybridized carbons (Fsp3) is 0.556. The lowest BCUT2D eigenvalue weighted by Crippen LogP contribution is -2.49. The third-order valence-electron chi connectivity index (χ3n) is 9.13. The summed E-state index contributed by atoms with van der Waals surface area (Å²) < 4.78 is 6.31. The van der Waals surface area contributed by atoms with Crippen LogP contribution in [0.25, 0.3) is 0 Å². The molecule has 1 N–H and O–H groups in total. The van der Waals surface area contributed by atoms with Gasteiger partial charge in [-0.2, -0.15) is 0 Å². The number of benzene rings is 2. The number of rotatable bonds is 3. The number of hydrogen-bond acceptors (Lipinski definition) is 2. The van der Waals surface area contributed by atoms with E-state index in [1.807, 2.05) is 18.2 Å². The Balaban J connectivity index is 1.42. The van der Waals surface area contributed by atoms with Crippen molar-refractivity contribution in [2.24, 2.45) is 28.6 Å². The summed E-state index contributed by atoms with van der Waals surface area (Å²) in [6.07, 6.45) is 6.24. The van der Waals surface area contributed by atoms with Crippen molar-refractivity contribution in [3.05, 3.63) is 59.7 Å². The lowest BCUT2D eigenvalue weighted by atomic mass is 9.49. The van der Waals surface area contributed by atoms with E-state index in [4.69, 9.17) is 4.74 Å². The van der Waals surface area contributed by atoms with Gasteiger partial charge in [0.1, 0.15) is 11.5 Å². The Hall–Kier alpha value is -1.96. The first-order valence-electron chi connectivity index (χ1n) is 11.4. The lowest BCUT2D eigenvalue weighted by Gasteiger charge is -2.55. The van der Waals surface area contributed by atoms with E-state index < -0.39 is 0 Å². The van der Waals surface area contributed by atoms with Crippen LogP contribution in [0.3, 0.4) is 0 Å². The molecule has 6 atom stereocenters. The Labute approximate surface area is 175 Å². The van der Waals surface area contributed by atoms with Crippen molar-refractivity contribution >= 4 is 0 Å². The number of aromatic hydroxyl groups is 1. The molecule has 0 amide bonds. The summed E-state index contributed by atoms with van der Waals surface area (Å²) in [5, 5.41) is 9.97. The number of hydrogen-bond donors (Lipinski definition) is 1. The van der Waals surface area contributed by atoms with Crippen molar-refractivity contribution in [3.8, 4) is 11.5 Å². The number of phenols is 1. The summed E-state index contributed by atoms with van der Waals surface area (Å²) in [7, 11) is 0. The molecule has 2 fully saturated rings. The molecule has 5 rings (SSSR count). The van der Waals surface area contributed by atoms with Crippen molar-refractivity contribution < 1.29 is 9.84 Å². The maximum Gasteiger partial charge on any atom is 0.119 e. The molecule has 2 nitrogen and oxygen atoms in total. The van der Waals surface area contributed by atoms with Gasteiger partial charge in [-0.1, -0.05) is 45.0 Å². The number of phenolic OH excluding ortho intramolecular Hbond substituents is 1. The van der Waals surface area contributed by atoms with Crippen LogP contribution in [0.1, 0.15) is 63.5 Å². The summed E-state index contributed by atoms with van der Waals surface area (Å²) in [5.74, 6) is 4.27.